The van der Waals surface area contributed by atoms with Crippen molar-refractivity contribution in [1.82, 2.24) is 0 Å². The van der Waals surface area contributed by atoms with Crippen molar-refractivity contribution < 1.29 is 9.53 Å². The Kier molecular flexibility index (Phi) is 5.17. The van der Waals surface area contributed by atoms with Crippen molar-refractivity contribution in [1.29, 1.82) is 0 Å². The number of benzene rings is 2. The van der Waals surface area contributed by atoms with Crippen LogP contribution >= 0.6 is 34.8 Å². The number of anilines is 2. The first-order valence-corrected chi connectivity index (χ1v) is 7.02. The number of rotatable bonds is 4. The summed E-state index contributed by atoms with van der Waals surface area (Å²) in [5.74, 6) is 0.123. The van der Waals surface area contributed by atoms with Crippen LogP contribution in [-0.4, -0.2) is 12.5 Å². The Balaban J connectivity index is 1.92. The number of carbonyl (C=O) groups is 1. The first-order valence-electron chi connectivity index (χ1n) is 5.88. The van der Waals surface area contributed by atoms with Crippen LogP contribution in [0.25, 0.3) is 0 Å². The zero-order chi connectivity index (χ0) is 15.4. The van der Waals surface area contributed by atoms with Gasteiger partial charge >= 0.3 is 0 Å². The van der Waals surface area contributed by atoms with Gasteiger partial charge in [0.15, 0.2) is 6.61 Å². The summed E-state index contributed by atoms with van der Waals surface area (Å²) >= 11 is 17.4. The average Bonchev–Trinajstić information content (AvgIpc) is 2.44. The largest absolute Gasteiger partial charge is 0.484 e. The molecule has 0 saturated heterocycles. The van der Waals surface area contributed by atoms with Crippen molar-refractivity contribution in [2.45, 2.75) is 0 Å². The first-order chi connectivity index (χ1) is 9.95. The van der Waals surface area contributed by atoms with E-state index in [1.165, 1.54) is 6.07 Å². The van der Waals surface area contributed by atoms with Gasteiger partial charge in [0.25, 0.3) is 5.91 Å². The lowest BCUT2D eigenvalue weighted by Crippen LogP contribution is -2.20. The Labute approximate surface area is 136 Å². The second-order valence-corrected chi connectivity index (χ2v) is 5.37. The molecule has 0 aromatic heterocycles. The monoisotopic (exact) mass is 344 g/mol. The molecule has 0 aliphatic rings. The van der Waals surface area contributed by atoms with Gasteiger partial charge < -0.3 is 15.8 Å². The highest BCUT2D eigenvalue weighted by Crippen LogP contribution is 2.26. The fourth-order valence-electron chi connectivity index (χ4n) is 1.53. The van der Waals surface area contributed by atoms with E-state index >= 15 is 0 Å². The van der Waals surface area contributed by atoms with Gasteiger partial charge in [0.05, 0.1) is 20.8 Å². The molecular formula is C14H11Cl3N2O2. The van der Waals surface area contributed by atoms with Gasteiger partial charge in [0, 0.05) is 11.8 Å². The number of nitrogen functional groups attached to an aromatic ring is 1. The van der Waals surface area contributed by atoms with E-state index in [-0.39, 0.29) is 12.5 Å². The minimum atomic E-state index is -0.331. The summed E-state index contributed by atoms with van der Waals surface area (Å²) in [7, 11) is 0. The Bertz CT molecular complexity index is 677. The van der Waals surface area contributed by atoms with E-state index < -0.39 is 0 Å². The number of ether oxygens (including phenoxy) is 1. The van der Waals surface area contributed by atoms with Gasteiger partial charge in [-0.3, -0.25) is 4.79 Å². The molecule has 2 aromatic rings. The van der Waals surface area contributed by atoms with Crippen LogP contribution in [0.5, 0.6) is 5.75 Å². The number of halogens is 3. The normalized spacial score (nSPS) is 10.2. The zero-order valence-corrected chi connectivity index (χ0v) is 13.0. The van der Waals surface area contributed by atoms with E-state index in [0.29, 0.717) is 32.2 Å². The second-order valence-electron chi connectivity index (χ2n) is 4.15. The summed E-state index contributed by atoms with van der Waals surface area (Å²) < 4.78 is 5.32. The molecule has 0 bridgehead atoms. The van der Waals surface area contributed by atoms with Crippen LogP contribution < -0.4 is 15.8 Å². The number of carbonyl (C=O) groups excluding carboxylic acids is 1. The van der Waals surface area contributed by atoms with Gasteiger partial charge in [-0.1, -0.05) is 34.8 Å². The van der Waals surface area contributed by atoms with Gasteiger partial charge in [0.1, 0.15) is 5.75 Å². The summed E-state index contributed by atoms with van der Waals surface area (Å²) in [5, 5.41) is 3.86. The van der Waals surface area contributed by atoms with E-state index in [9.17, 15) is 4.79 Å². The minimum Gasteiger partial charge on any atom is -0.484 e. The van der Waals surface area contributed by atoms with Crippen LogP contribution in [0.15, 0.2) is 36.4 Å². The molecule has 21 heavy (non-hydrogen) atoms. The highest BCUT2D eigenvalue weighted by atomic mass is 35.5. The third kappa shape index (κ3) is 4.43. The molecule has 110 valence electrons. The number of hydrogen-bond donors (Lipinski definition) is 2. The summed E-state index contributed by atoms with van der Waals surface area (Å²) in [5.41, 5.74) is 6.58. The first kappa shape index (κ1) is 15.8. The lowest BCUT2D eigenvalue weighted by Gasteiger charge is -2.09. The maximum Gasteiger partial charge on any atom is 0.262 e. The standard InChI is InChI=1S/C14H11Cl3N2O2/c15-10-4-2-9(6-12(10)17)21-7-14(20)19-8-1-3-11(16)13(18)5-8/h1-6H,7,18H2,(H,19,20). The number of hydrogen-bond acceptors (Lipinski definition) is 3. The van der Waals surface area contributed by atoms with Gasteiger partial charge in [-0.15, -0.1) is 0 Å². The Hall–Kier alpha value is -1.62. The SMILES string of the molecule is Nc1cc(NC(=O)COc2ccc(Cl)c(Cl)c2)ccc1Cl. The predicted molar refractivity (Wildman–Crippen MR) is 86.5 cm³/mol. The third-order valence-corrected chi connectivity index (χ3v) is 3.62. The molecule has 0 saturated carbocycles. The lowest BCUT2D eigenvalue weighted by atomic mass is 10.3. The summed E-state index contributed by atoms with van der Waals surface area (Å²) in [4.78, 5) is 11.8. The molecule has 2 aromatic carbocycles. The Morgan fingerprint density at radius 1 is 1.05 bits per heavy atom. The van der Waals surface area contributed by atoms with E-state index in [1.54, 1.807) is 30.3 Å². The maximum absolute atomic E-state index is 11.8. The van der Waals surface area contributed by atoms with Gasteiger partial charge in [-0.25, -0.2) is 0 Å². The summed E-state index contributed by atoms with van der Waals surface area (Å²) in [6.45, 7) is -0.166. The Morgan fingerprint density at radius 3 is 2.43 bits per heavy atom. The molecular weight excluding hydrogens is 335 g/mol. The van der Waals surface area contributed by atoms with E-state index in [0.717, 1.165) is 0 Å². The molecule has 0 aliphatic heterocycles. The van der Waals surface area contributed by atoms with Gasteiger partial charge in [-0.05, 0) is 30.3 Å². The molecule has 0 spiro atoms. The van der Waals surface area contributed by atoms with E-state index in [2.05, 4.69) is 5.32 Å². The number of nitrogens with one attached hydrogen (secondary N) is 1. The van der Waals surface area contributed by atoms with Crippen LogP contribution in [0.4, 0.5) is 11.4 Å². The van der Waals surface area contributed by atoms with E-state index in [1.807, 2.05) is 0 Å². The van der Waals surface area contributed by atoms with Crippen LogP contribution in [-0.2, 0) is 4.79 Å². The third-order valence-electron chi connectivity index (χ3n) is 2.54. The molecule has 0 fully saturated rings. The van der Waals surface area contributed by atoms with E-state index in [4.69, 9.17) is 45.3 Å². The van der Waals surface area contributed by atoms with Crippen molar-refractivity contribution in [3.63, 3.8) is 0 Å². The maximum atomic E-state index is 11.8. The molecule has 1 amide bonds. The number of amides is 1. The second kappa shape index (κ2) is 6.89. The molecule has 0 radical (unpaired) electrons. The number of nitrogens with two attached hydrogens (primary N) is 1. The molecule has 3 N–H and O–H groups in total. The fourth-order valence-corrected chi connectivity index (χ4v) is 1.94. The molecule has 4 nitrogen and oxygen atoms in total. The summed E-state index contributed by atoms with van der Waals surface area (Å²) in [6, 6.07) is 9.58. The van der Waals surface area contributed by atoms with Crippen molar-refractivity contribution in [2.75, 3.05) is 17.7 Å². The van der Waals surface area contributed by atoms with Crippen LogP contribution in [0.2, 0.25) is 15.1 Å². The van der Waals surface area contributed by atoms with Gasteiger partial charge in [-0.2, -0.15) is 0 Å². The van der Waals surface area contributed by atoms with Gasteiger partial charge in [0.2, 0.25) is 0 Å². The van der Waals surface area contributed by atoms with Crippen molar-refractivity contribution >= 4 is 52.1 Å². The predicted octanol–water partition coefficient (Wildman–Crippen LogP) is 4.25. The highest BCUT2D eigenvalue weighted by molar-refractivity contribution is 6.42. The fraction of sp³-hybridized carbons (Fsp3) is 0.0714. The summed E-state index contributed by atoms with van der Waals surface area (Å²) in [6.07, 6.45) is 0. The van der Waals surface area contributed by atoms with Crippen LogP contribution in [0.3, 0.4) is 0 Å². The Morgan fingerprint density at radius 2 is 1.76 bits per heavy atom. The van der Waals surface area contributed by atoms with Crippen molar-refractivity contribution in [3.8, 4) is 5.75 Å². The topological polar surface area (TPSA) is 64.3 Å². The molecule has 7 heteroatoms. The quantitative estimate of drug-likeness (QED) is 0.814. The molecule has 0 aliphatic carbocycles. The zero-order valence-electron chi connectivity index (χ0n) is 10.7. The molecule has 2 rings (SSSR count). The smallest absolute Gasteiger partial charge is 0.262 e. The van der Waals surface area contributed by atoms with Crippen molar-refractivity contribution in [2.24, 2.45) is 0 Å². The molecule has 0 unspecified atom stereocenters. The van der Waals surface area contributed by atoms with Crippen LogP contribution in [0, 0.1) is 0 Å². The molecule has 0 heterocycles. The highest BCUT2D eigenvalue weighted by Gasteiger charge is 2.06. The minimum absolute atomic E-state index is 0.166. The van der Waals surface area contributed by atoms with Crippen LogP contribution in [0.1, 0.15) is 0 Å². The lowest BCUT2D eigenvalue weighted by molar-refractivity contribution is -0.118. The average molecular weight is 346 g/mol. The molecule has 0 atom stereocenters. The van der Waals surface area contributed by atoms with Crippen molar-refractivity contribution in [3.05, 3.63) is 51.5 Å².